The molecule has 0 radical (unpaired) electrons. The highest BCUT2D eigenvalue weighted by Gasteiger charge is 2.43. The third-order valence-electron chi connectivity index (χ3n) is 6.66. The van der Waals surface area contributed by atoms with E-state index in [1.54, 1.807) is 0 Å². The second-order valence-electron chi connectivity index (χ2n) is 8.80. The van der Waals surface area contributed by atoms with Crippen LogP contribution in [0.2, 0.25) is 0 Å². The van der Waals surface area contributed by atoms with Crippen LogP contribution in [-0.4, -0.2) is 29.4 Å². The number of aliphatic hydroxyl groups excluding tert-OH is 1. The summed E-state index contributed by atoms with van der Waals surface area (Å²) in [5.41, 5.74) is 9.97. The predicted molar refractivity (Wildman–Crippen MR) is 117 cm³/mol. The fraction of sp³-hybridized carbons (Fsp3) is 0.520. The summed E-state index contributed by atoms with van der Waals surface area (Å²) in [4.78, 5) is 0. The molecule has 1 spiro atoms. The molecule has 4 N–H and O–H groups in total. The van der Waals surface area contributed by atoms with Crippen molar-refractivity contribution in [3.63, 3.8) is 0 Å². The molecule has 2 aromatic rings. The minimum absolute atomic E-state index is 0.0461. The van der Waals surface area contributed by atoms with Gasteiger partial charge in [-0.05, 0) is 55.7 Å². The number of aliphatic hydroxyl groups is 1. The molecule has 1 saturated carbocycles. The Labute approximate surface area is 174 Å². The molecule has 1 aliphatic carbocycles. The van der Waals surface area contributed by atoms with Gasteiger partial charge in [-0.2, -0.15) is 0 Å². The molecule has 29 heavy (non-hydrogen) atoms. The zero-order chi connectivity index (χ0) is 20.3. The van der Waals surface area contributed by atoms with Gasteiger partial charge in [0.05, 0.1) is 6.10 Å². The van der Waals surface area contributed by atoms with Gasteiger partial charge in [0.1, 0.15) is 11.4 Å². The quantitative estimate of drug-likeness (QED) is 0.666. The van der Waals surface area contributed by atoms with Crippen molar-refractivity contribution in [1.82, 2.24) is 5.32 Å². The summed E-state index contributed by atoms with van der Waals surface area (Å²) >= 11 is 0. The first kappa shape index (κ1) is 20.4. The Balaban J connectivity index is 1.45. The normalized spacial score (nSPS) is 22.1. The third-order valence-corrected chi connectivity index (χ3v) is 6.66. The third kappa shape index (κ3) is 4.66. The van der Waals surface area contributed by atoms with Crippen molar-refractivity contribution >= 4 is 0 Å². The fourth-order valence-corrected chi connectivity index (χ4v) is 4.88. The lowest BCUT2D eigenvalue weighted by Gasteiger charge is -2.41. The molecule has 2 aromatic carbocycles. The Morgan fingerprint density at radius 3 is 2.62 bits per heavy atom. The summed E-state index contributed by atoms with van der Waals surface area (Å²) in [5, 5.41) is 14.3. The lowest BCUT2D eigenvalue weighted by Crippen LogP contribution is -2.47. The van der Waals surface area contributed by atoms with E-state index in [1.165, 1.54) is 24.0 Å². The first-order valence-corrected chi connectivity index (χ1v) is 11.1. The van der Waals surface area contributed by atoms with E-state index >= 15 is 0 Å². The Morgan fingerprint density at radius 2 is 1.90 bits per heavy atom. The minimum atomic E-state index is -0.588. The summed E-state index contributed by atoms with van der Waals surface area (Å²) < 4.78 is 6.52. The van der Waals surface area contributed by atoms with E-state index in [0.717, 1.165) is 37.0 Å². The number of hydrogen-bond acceptors (Lipinski definition) is 4. The van der Waals surface area contributed by atoms with E-state index in [4.69, 9.17) is 10.5 Å². The van der Waals surface area contributed by atoms with Crippen LogP contribution in [-0.2, 0) is 12.8 Å². The van der Waals surface area contributed by atoms with Gasteiger partial charge in [0.25, 0.3) is 0 Å². The van der Waals surface area contributed by atoms with Crippen molar-refractivity contribution in [1.29, 1.82) is 0 Å². The molecule has 3 atom stereocenters. The topological polar surface area (TPSA) is 67.5 Å². The van der Waals surface area contributed by atoms with Crippen molar-refractivity contribution in [3.8, 4) is 5.75 Å². The summed E-state index contributed by atoms with van der Waals surface area (Å²) in [6, 6.07) is 16.6. The van der Waals surface area contributed by atoms with Crippen molar-refractivity contribution < 1.29 is 9.84 Å². The maximum atomic E-state index is 10.7. The highest BCUT2D eigenvalue weighted by atomic mass is 16.5. The number of nitrogens with one attached hydrogen (secondary N) is 1. The molecule has 0 aromatic heterocycles. The Bertz CT molecular complexity index is 802. The molecule has 0 saturated heterocycles. The second kappa shape index (κ2) is 8.86. The highest BCUT2D eigenvalue weighted by molar-refractivity contribution is 5.42. The molecule has 4 rings (SSSR count). The molecular formula is C25H34N2O2. The van der Waals surface area contributed by atoms with Gasteiger partial charge in [0.2, 0.25) is 0 Å². The molecule has 0 amide bonds. The van der Waals surface area contributed by atoms with Crippen LogP contribution in [0.15, 0.2) is 48.5 Å². The van der Waals surface area contributed by atoms with Gasteiger partial charge in [-0.15, -0.1) is 0 Å². The molecular weight excluding hydrogens is 360 g/mol. The van der Waals surface area contributed by atoms with Crippen LogP contribution in [0.5, 0.6) is 5.75 Å². The molecule has 1 unspecified atom stereocenters. The van der Waals surface area contributed by atoms with Crippen LogP contribution in [0.4, 0.5) is 0 Å². The molecule has 0 bridgehead atoms. The molecule has 1 aliphatic heterocycles. The van der Waals surface area contributed by atoms with Crippen LogP contribution < -0.4 is 15.8 Å². The highest BCUT2D eigenvalue weighted by Crippen LogP contribution is 2.47. The summed E-state index contributed by atoms with van der Waals surface area (Å²) in [5.74, 6) is 1.01. The second-order valence-corrected chi connectivity index (χ2v) is 8.80. The van der Waals surface area contributed by atoms with E-state index < -0.39 is 6.10 Å². The number of aryl methyl sites for hydroxylation is 1. The van der Waals surface area contributed by atoms with Crippen LogP contribution >= 0.6 is 0 Å². The number of fused-ring (bicyclic) bond motifs is 1. The Kier molecular flexibility index (Phi) is 6.23. The monoisotopic (exact) mass is 394 g/mol. The van der Waals surface area contributed by atoms with E-state index in [-0.39, 0.29) is 17.7 Å². The molecule has 4 heteroatoms. The number of benzene rings is 2. The van der Waals surface area contributed by atoms with Gasteiger partial charge in [-0.25, -0.2) is 0 Å². The summed E-state index contributed by atoms with van der Waals surface area (Å²) in [6.45, 7) is 2.67. The molecule has 1 heterocycles. The lowest BCUT2D eigenvalue weighted by atomic mass is 9.85. The van der Waals surface area contributed by atoms with Gasteiger partial charge in [0, 0.05) is 30.6 Å². The first-order chi connectivity index (χ1) is 14.1. The van der Waals surface area contributed by atoms with Crippen LogP contribution in [0.3, 0.4) is 0 Å². The average Bonchev–Trinajstić information content (AvgIpc) is 3.19. The Morgan fingerprint density at radius 1 is 1.14 bits per heavy atom. The van der Waals surface area contributed by atoms with Gasteiger partial charge in [0.15, 0.2) is 0 Å². The maximum absolute atomic E-state index is 10.7. The number of hydrogen-bond donors (Lipinski definition) is 3. The number of nitrogens with two attached hydrogens (primary N) is 1. The van der Waals surface area contributed by atoms with E-state index in [1.807, 2.05) is 18.2 Å². The average molecular weight is 395 g/mol. The predicted octanol–water partition coefficient (Wildman–Crippen LogP) is 3.91. The molecule has 2 aliphatic rings. The lowest BCUT2D eigenvalue weighted by molar-refractivity contribution is 0.0333. The fourth-order valence-electron chi connectivity index (χ4n) is 4.88. The van der Waals surface area contributed by atoms with Gasteiger partial charge >= 0.3 is 0 Å². The molecule has 1 fully saturated rings. The Hall–Kier alpha value is -1.88. The van der Waals surface area contributed by atoms with E-state index in [9.17, 15) is 5.11 Å². The SMILES string of the molecule is CCc1ccc2c(c1)C(NC[C@@H](O)[C@@H](N)Cc1ccccc1)CC1(CCCC1)O2. The summed E-state index contributed by atoms with van der Waals surface area (Å²) in [7, 11) is 0. The standard InChI is InChI=1S/C25H34N2O2/c1-2-18-10-11-24-20(14-18)22(16-25(29-24)12-6-7-13-25)27-17-23(28)21(26)15-19-8-4-3-5-9-19/h3-5,8-11,14,21-23,27-28H,2,6-7,12-13,15-17,26H2,1H3/t21-,22?,23+/m0/s1. The summed E-state index contributed by atoms with van der Waals surface area (Å²) in [6.07, 6.45) is 6.78. The largest absolute Gasteiger partial charge is 0.487 e. The minimum Gasteiger partial charge on any atom is -0.487 e. The van der Waals surface area contributed by atoms with Gasteiger partial charge < -0.3 is 20.9 Å². The van der Waals surface area contributed by atoms with Crippen molar-refractivity contribution in [2.24, 2.45) is 5.73 Å². The number of ether oxygens (including phenoxy) is 1. The van der Waals surface area contributed by atoms with Crippen molar-refractivity contribution in [2.45, 2.75) is 75.7 Å². The number of rotatable bonds is 7. The van der Waals surface area contributed by atoms with Crippen molar-refractivity contribution in [2.75, 3.05) is 6.54 Å². The smallest absolute Gasteiger partial charge is 0.124 e. The van der Waals surface area contributed by atoms with Crippen LogP contribution in [0, 0.1) is 0 Å². The van der Waals surface area contributed by atoms with Gasteiger partial charge in [-0.3, -0.25) is 0 Å². The van der Waals surface area contributed by atoms with E-state index in [0.29, 0.717) is 13.0 Å². The van der Waals surface area contributed by atoms with Crippen LogP contribution in [0.1, 0.15) is 61.8 Å². The zero-order valence-corrected chi connectivity index (χ0v) is 17.4. The molecule has 4 nitrogen and oxygen atoms in total. The van der Waals surface area contributed by atoms with Crippen molar-refractivity contribution in [3.05, 3.63) is 65.2 Å². The zero-order valence-electron chi connectivity index (χ0n) is 17.4. The molecule has 156 valence electrons. The maximum Gasteiger partial charge on any atom is 0.124 e. The van der Waals surface area contributed by atoms with Crippen LogP contribution in [0.25, 0.3) is 0 Å². The first-order valence-electron chi connectivity index (χ1n) is 11.1. The van der Waals surface area contributed by atoms with E-state index in [2.05, 4.69) is 42.6 Å². The van der Waals surface area contributed by atoms with Gasteiger partial charge in [-0.1, -0.05) is 49.4 Å².